The Bertz CT molecular complexity index is 2200. The van der Waals surface area contributed by atoms with Crippen LogP contribution in [0.25, 0.3) is 21.5 Å². The molecule has 50 heavy (non-hydrogen) atoms. The van der Waals surface area contributed by atoms with Gasteiger partial charge in [-0.2, -0.15) is 27.1 Å². The van der Waals surface area contributed by atoms with Gasteiger partial charge in [0.25, 0.3) is 11.8 Å². The summed E-state index contributed by atoms with van der Waals surface area (Å²) in [4.78, 5) is 34.7. The summed E-state index contributed by atoms with van der Waals surface area (Å²) in [6.07, 6.45) is -3.79. The zero-order chi connectivity index (χ0) is 35.9. The maximum Gasteiger partial charge on any atom is 0.435 e. The zero-order valence-corrected chi connectivity index (χ0v) is 27.1. The number of nitrogens with two attached hydrogens (primary N) is 1. The number of nitrogens with one attached hydrogen (secondary N) is 1. The van der Waals surface area contributed by atoms with Crippen molar-refractivity contribution < 1.29 is 44.7 Å². The molecule has 0 bridgehead atoms. The minimum absolute atomic E-state index is 0.00347. The van der Waals surface area contributed by atoms with Crippen LogP contribution in [0.1, 0.15) is 56.9 Å². The summed E-state index contributed by atoms with van der Waals surface area (Å²) in [6, 6.07) is 6.31. The van der Waals surface area contributed by atoms with Crippen molar-refractivity contribution in [3.63, 3.8) is 0 Å². The number of carbonyl (C=O) groups excluding carboxylic acids is 2. The van der Waals surface area contributed by atoms with Crippen LogP contribution in [0.3, 0.4) is 0 Å². The average molecular weight is 739 g/mol. The van der Waals surface area contributed by atoms with E-state index in [2.05, 4.69) is 20.4 Å². The number of aromatic nitrogens is 4. The Morgan fingerprint density at radius 2 is 1.82 bits per heavy atom. The smallest absolute Gasteiger partial charge is 0.366 e. The molecule has 2 aliphatic rings. The Labute approximate surface area is 285 Å². The molecular weight excluding hydrogens is 717 g/mol. The minimum Gasteiger partial charge on any atom is -0.366 e. The van der Waals surface area contributed by atoms with Crippen LogP contribution in [-0.2, 0) is 29.9 Å². The van der Waals surface area contributed by atoms with Gasteiger partial charge in [0.1, 0.15) is 29.7 Å². The highest BCUT2D eigenvalue weighted by Gasteiger charge is 2.68. The van der Waals surface area contributed by atoms with Gasteiger partial charge in [0, 0.05) is 23.1 Å². The molecule has 7 rings (SSSR count). The fourth-order valence-corrected chi connectivity index (χ4v) is 7.93. The van der Waals surface area contributed by atoms with Crippen LogP contribution >= 0.6 is 23.1 Å². The van der Waals surface area contributed by atoms with Crippen LogP contribution in [0.2, 0.25) is 0 Å². The lowest BCUT2D eigenvalue weighted by Gasteiger charge is -2.23. The van der Waals surface area contributed by atoms with Gasteiger partial charge in [-0.1, -0.05) is 17.8 Å². The molecule has 18 heteroatoms. The van der Waals surface area contributed by atoms with E-state index in [9.17, 15) is 35.9 Å². The van der Waals surface area contributed by atoms with Crippen LogP contribution in [0.15, 0.2) is 46.8 Å². The van der Waals surface area contributed by atoms with Crippen LogP contribution in [-0.4, -0.2) is 37.8 Å². The first-order valence-electron chi connectivity index (χ1n) is 14.8. The second-order valence-electron chi connectivity index (χ2n) is 11.9. The maximum absolute atomic E-state index is 15.2. The third-order valence-corrected chi connectivity index (χ3v) is 10.6. The summed E-state index contributed by atoms with van der Waals surface area (Å²) in [5.41, 5.74) is 2.44. The van der Waals surface area contributed by atoms with Crippen LogP contribution < -0.4 is 11.1 Å². The molecule has 2 aliphatic carbocycles. The molecule has 0 aliphatic heterocycles. The molecule has 0 radical (unpaired) electrons. The summed E-state index contributed by atoms with van der Waals surface area (Å²) in [7, 11) is 0. The average Bonchev–Trinajstić information content (AvgIpc) is 3.48. The number of carbonyl (C=O) groups is 2. The minimum atomic E-state index is -5.06. The van der Waals surface area contributed by atoms with Gasteiger partial charge in [-0.3, -0.25) is 14.3 Å². The number of hydrogen-bond donors (Lipinski definition) is 2. The third kappa shape index (κ3) is 5.97. The molecule has 3 N–H and O–H groups in total. The number of halogens is 8. The molecule has 5 aromatic rings. The van der Waals surface area contributed by atoms with E-state index in [0.717, 1.165) is 24.3 Å². The van der Waals surface area contributed by atoms with E-state index in [1.165, 1.54) is 29.2 Å². The largest absolute Gasteiger partial charge is 0.435 e. The van der Waals surface area contributed by atoms with Gasteiger partial charge in [0.15, 0.2) is 15.7 Å². The van der Waals surface area contributed by atoms with E-state index >= 15 is 8.78 Å². The third-order valence-electron chi connectivity index (χ3n) is 8.63. The zero-order valence-electron chi connectivity index (χ0n) is 25.4. The molecular formula is C32H22F8N6O2S2. The van der Waals surface area contributed by atoms with Crippen LogP contribution in [0.5, 0.6) is 0 Å². The number of thioether (sulfide) groups is 1. The summed E-state index contributed by atoms with van der Waals surface area (Å²) in [5.74, 6) is -11.0. The number of primary amides is 1. The number of benzene rings is 2. The molecule has 2 aromatic carbocycles. The Hall–Kier alpha value is -4.58. The lowest BCUT2D eigenvalue weighted by molar-refractivity contribution is -0.142. The lowest BCUT2D eigenvalue weighted by Crippen LogP contribution is -2.35. The molecule has 2 amide bonds. The van der Waals surface area contributed by atoms with Gasteiger partial charge in [0.05, 0.1) is 22.0 Å². The molecule has 3 heterocycles. The van der Waals surface area contributed by atoms with Gasteiger partial charge in [-0.25, -0.2) is 23.1 Å². The first-order chi connectivity index (χ1) is 23.5. The van der Waals surface area contributed by atoms with Gasteiger partial charge in [-0.05, 0) is 66.5 Å². The molecule has 1 unspecified atom stereocenters. The van der Waals surface area contributed by atoms with E-state index in [0.29, 0.717) is 19.8 Å². The normalized spacial score (nSPS) is 18.2. The SMILES string of the molecule is CSc1nc2nc(C(Cc3cc(F)cc(F)c3)NC(=O)Cn3nc(C(F)(F)F)c4c3C(F)(F)[C@@H]3C[C@H]43)c(-c3ccc(F)c(C(N)=O)c3)cc2s1. The first-order valence-corrected chi connectivity index (χ1v) is 16.8. The van der Waals surface area contributed by atoms with Crippen molar-refractivity contribution in [3.8, 4) is 11.1 Å². The number of hydrogen-bond acceptors (Lipinski definition) is 7. The monoisotopic (exact) mass is 738 g/mol. The predicted octanol–water partition coefficient (Wildman–Crippen LogP) is 7.12. The fourth-order valence-electron chi connectivity index (χ4n) is 6.47. The molecule has 1 saturated carbocycles. The highest BCUT2D eigenvalue weighted by Crippen LogP contribution is 2.68. The second kappa shape index (κ2) is 12.0. The summed E-state index contributed by atoms with van der Waals surface area (Å²) >= 11 is 2.55. The van der Waals surface area contributed by atoms with E-state index < -0.39 is 88.3 Å². The molecule has 3 aromatic heterocycles. The summed E-state index contributed by atoms with van der Waals surface area (Å²) in [6.45, 7) is -1.06. The number of amides is 2. The molecule has 260 valence electrons. The van der Waals surface area contributed by atoms with Crippen molar-refractivity contribution in [2.75, 3.05) is 6.26 Å². The van der Waals surface area contributed by atoms with Crippen molar-refractivity contribution in [1.82, 2.24) is 25.1 Å². The van der Waals surface area contributed by atoms with Crippen molar-refractivity contribution in [2.45, 2.75) is 47.8 Å². The van der Waals surface area contributed by atoms with Crippen molar-refractivity contribution in [1.29, 1.82) is 0 Å². The Morgan fingerprint density at radius 3 is 2.48 bits per heavy atom. The number of rotatable bonds is 9. The highest BCUT2D eigenvalue weighted by molar-refractivity contribution is 8.00. The molecule has 1 fully saturated rings. The molecule has 0 saturated heterocycles. The summed E-state index contributed by atoms with van der Waals surface area (Å²) in [5, 5.41) is 5.98. The standard InChI is InChI=1S/C32H22F8N6O2S2/c1-49-30-44-29-22(50-30)10-16(13-2-3-20(35)18(7-13)28(41)48)25(43-29)21(6-12-4-14(33)8-15(34)5-12)42-23(47)11-46-27-24(26(45-46)32(38,39)40)17-9-19(17)31(27,36)37/h2-5,7-8,10,17,19,21H,6,9,11H2,1H3,(H2,41,48)(H,42,47)/t17-,19+,21?/m0/s1. The van der Waals surface area contributed by atoms with Gasteiger partial charge in [-0.15, -0.1) is 11.3 Å². The highest BCUT2D eigenvalue weighted by atomic mass is 32.2. The molecule has 0 spiro atoms. The Kier molecular flexibility index (Phi) is 8.16. The van der Waals surface area contributed by atoms with Crippen molar-refractivity contribution in [2.24, 2.45) is 11.7 Å². The van der Waals surface area contributed by atoms with E-state index in [4.69, 9.17) is 5.73 Å². The Morgan fingerprint density at radius 1 is 1.10 bits per heavy atom. The van der Waals surface area contributed by atoms with Crippen molar-refractivity contribution in [3.05, 3.63) is 93.7 Å². The number of thiazole rings is 1. The predicted molar refractivity (Wildman–Crippen MR) is 166 cm³/mol. The Balaban J connectivity index is 1.34. The lowest BCUT2D eigenvalue weighted by atomic mass is 9.94. The van der Waals surface area contributed by atoms with Gasteiger partial charge < -0.3 is 11.1 Å². The van der Waals surface area contributed by atoms with Crippen LogP contribution in [0.4, 0.5) is 35.1 Å². The first kappa shape index (κ1) is 33.9. The maximum atomic E-state index is 15.2. The summed E-state index contributed by atoms with van der Waals surface area (Å²) < 4.78 is 117. The quantitative estimate of drug-likeness (QED) is 0.123. The second-order valence-corrected chi connectivity index (χ2v) is 14.0. The fraction of sp³-hybridized carbons (Fsp3) is 0.281. The molecule has 8 nitrogen and oxygen atoms in total. The van der Waals surface area contributed by atoms with E-state index in [1.54, 1.807) is 12.3 Å². The van der Waals surface area contributed by atoms with E-state index in [1.807, 2.05) is 0 Å². The van der Waals surface area contributed by atoms with Crippen LogP contribution in [0, 0.1) is 23.4 Å². The molecule has 3 atom stereocenters. The number of nitrogens with zero attached hydrogens (tertiary/aromatic N) is 4. The van der Waals surface area contributed by atoms with Gasteiger partial charge >= 0.3 is 6.18 Å². The van der Waals surface area contributed by atoms with Crippen molar-refractivity contribution >= 4 is 45.3 Å². The number of pyridine rings is 1. The van der Waals surface area contributed by atoms with E-state index in [-0.39, 0.29) is 40.9 Å². The number of alkyl halides is 5. The van der Waals surface area contributed by atoms with Gasteiger partial charge in [0.2, 0.25) is 5.91 Å². The topological polar surface area (TPSA) is 116 Å². The number of fused-ring (bicyclic) bond motifs is 4.